The Balaban J connectivity index is 2.12. The van der Waals surface area contributed by atoms with E-state index < -0.39 is 0 Å². The third-order valence-corrected chi connectivity index (χ3v) is 3.60. The topological polar surface area (TPSA) is 15.3 Å². The Bertz CT molecular complexity index is 403. The molecule has 0 radical (unpaired) electrons. The Hall–Kier alpha value is -0.800. The van der Waals surface area contributed by atoms with Crippen LogP contribution in [0.1, 0.15) is 18.4 Å². The number of hydrogen-bond acceptors (Lipinski definition) is 2. The Kier molecular flexibility index (Phi) is 3.89. The van der Waals surface area contributed by atoms with E-state index in [0.29, 0.717) is 16.6 Å². The molecule has 1 aromatic carbocycles. The summed E-state index contributed by atoms with van der Waals surface area (Å²) < 4.78 is 13.5. The highest BCUT2D eigenvalue weighted by atomic mass is 35.5. The highest BCUT2D eigenvalue weighted by molar-refractivity contribution is 6.33. The predicted octanol–water partition coefficient (Wildman–Crippen LogP) is 2.98. The Labute approximate surface area is 107 Å². The molecule has 1 unspecified atom stereocenters. The van der Waals surface area contributed by atoms with Gasteiger partial charge < -0.3 is 10.2 Å². The summed E-state index contributed by atoms with van der Waals surface area (Å²) in [6.07, 6.45) is 2.39. The Morgan fingerprint density at radius 1 is 1.53 bits per heavy atom. The molecule has 4 heteroatoms. The van der Waals surface area contributed by atoms with E-state index in [1.807, 2.05) is 11.9 Å². The largest absolute Gasteiger partial charge is 0.372 e. The molecule has 17 heavy (non-hydrogen) atoms. The van der Waals surface area contributed by atoms with Crippen molar-refractivity contribution in [3.05, 3.63) is 28.5 Å². The summed E-state index contributed by atoms with van der Waals surface area (Å²) in [5.74, 6) is -0.198. The number of benzene rings is 1. The normalized spacial score (nSPS) is 19.6. The molecule has 1 aromatic rings. The first kappa shape index (κ1) is 12.7. The molecular weight excluding hydrogens is 239 g/mol. The van der Waals surface area contributed by atoms with Crippen molar-refractivity contribution in [2.75, 3.05) is 25.0 Å². The second-order valence-electron chi connectivity index (χ2n) is 4.73. The molecule has 1 fully saturated rings. The molecule has 2 nitrogen and oxygen atoms in total. The maximum Gasteiger partial charge on any atom is 0.128 e. The number of nitrogens with one attached hydrogen (secondary N) is 1. The number of hydrogen-bond donors (Lipinski definition) is 1. The van der Waals surface area contributed by atoms with Crippen LogP contribution in [0.5, 0.6) is 0 Å². The molecule has 0 amide bonds. The maximum absolute atomic E-state index is 13.5. The zero-order valence-corrected chi connectivity index (χ0v) is 11.0. The van der Waals surface area contributed by atoms with E-state index in [0.717, 1.165) is 18.8 Å². The van der Waals surface area contributed by atoms with Crippen LogP contribution in [0.2, 0.25) is 5.02 Å². The number of halogens is 2. The van der Waals surface area contributed by atoms with Crippen LogP contribution in [0.25, 0.3) is 0 Å². The fourth-order valence-corrected chi connectivity index (χ4v) is 2.63. The second kappa shape index (κ2) is 5.23. The van der Waals surface area contributed by atoms with Crippen molar-refractivity contribution < 1.29 is 4.39 Å². The molecule has 0 aromatic heterocycles. The molecule has 1 heterocycles. The van der Waals surface area contributed by atoms with Gasteiger partial charge in [0.25, 0.3) is 0 Å². The molecule has 0 spiro atoms. The minimum atomic E-state index is -0.198. The quantitative estimate of drug-likeness (QED) is 0.895. The van der Waals surface area contributed by atoms with Gasteiger partial charge in [-0.05, 0) is 44.0 Å². The highest BCUT2D eigenvalue weighted by Crippen LogP contribution is 2.28. The van der Waals surface area contributed by atoms with Crippen LogP contribution in [0.4, 0.5) is 10.1 Å². The third kappa shape index (κ3) is 2.90. The lowest BCUT2D eigenvalue weighted by Gasteiger charge is -2.24. The first-order chi connectivity index (χ1) is 8.08. The summed E-state index contributed by atoms with van der Waals surface area (Å²) in [6.45, 7) is 3.67. The molecule has 1 N–H and O–H groups in total. The summed E-state index contributed by atoms with van der Waals surface area (Å²) in [7, 11) is 1.95. The molecule has 2 rings (SSSR count). The smallest absolute Gasteiger partial charge is 0.128 e. The monoisotopic (exact) mass is 256 g/mol. The summed E-state index contributed by atoms with van der Waals surface area (Å²) in [5, 5.41) is 4.04. The van der Waals surface area contributed by atoms with Gasteiger partial charge in [0, 0.05) is 19.6 Å². The average molecular weight is 257 g/mol. The summed E-state index contributed by atoms with van der Waals surface area (Å²) in [4.78, 5) is 2.02. The molecule has 1 saturated heterocycles. The first-order valence-electron chi connectivity index (χ1n) is 5.98. The van der Waals surface area contributed by atoms with Gasteiger partial charge >= 0.3 is 0 Å². The van der Waals surface area contributed by atoms with Crippen molar-refractivity contribution in [2.45, 2.75) is 25.8 Å². The Morgan fingerprint density at radius 2 is 2.29 bits per heavy atom. The van der Waals surface area contributed by atoms with Gasteiger partial charge in [0.1, 0.15) is 5.82 Å². The predicted molar refractivity (Wildman–Crippen MR) is 70.4 cm³/mol. The zero-order valence-electron chi connectivity index (χ0n) is 10.3. The lowest BCUT2D eigenvalue weighted by Crippen LogP contribution is -2.35. The van der Waals surface area contributed by atoms with Gasteiger partial charge in [0.05, 0.1) is 10.7 Å². The lowest BCUT2D eigenvalue weighted by atomic mass is 10.1. The zero-order chi connectivity index (χ0) is 12.4. The molecule has 94 valence electrons. The van der Waals surface area contributed by atoms with Crippen molar-refractivity contribution in [2.24, 2.45) is 0 Å². The molecule has 1 atom stereocenters. The van der Waals surface area contributed by atoms with Gasteiger partial charge in [0.2, 0.25) is 0 Å². The molecular formula is C13H18ClFN2. The van der Waals surface area contributed by atoms with Crippen molar-refractivity contribution in [3.8, 4) is 0 Å². The fraction of sp³-hybridized carbons (Fsp3) is 0.538. The van der Waals surface area contributed by atoms with Crippen LogP contribution in [-0.4, -0.2) is 26.2 Å². The third-order valence-electron chi connectivity index (χ3n) is 3.30. The minimum Gasteiger partial charge on any atom is -0.372 e. The second-order valence-corrected chi connectivity index (χ2v) is 5.13. The molecule has 0 bridgehead atoms. The van der Waals surface area contributed by atoms with Crippen molar-refractivity contribution in [1.82, 2.24) is 5.32 Å². The van der Waals surface area contributed by atoms with Gasteiger partial charge in [-0.25, -0.2) is 4.39 Å². The Morgan fingerprint density at radius 3 is 2.94 bits per heavy atom. The standard InChI is InChI=1S/C13H18ClFN2/c1-9-6-11(14)13(7-12(9)15)17(2)8-10-4-3-5-16-10/h6-7,10,16H,3-5,8H2,1-2H3. The van der Waals surface area contributed by atoms with Gasteiger partial charge in [0.15, 0.2) is 0 Å². The van der Waals surface area contributed by atoms with Gasteiger partial charge in [-0.2, -0.15) is 0 Å². The number of nitrogens with zero attached hydrogens (tertiary/aromatic N) is 1. The SMILES string of the molecule is Cc1cc(Cl)c(N(C)CC2CCCN2)cc1F. The van der Waals surface area contributed by atoms with Crippen LogP contribution in [0.15, 0.2) is 12.1 Å². The average Bonchev–Trinajstić information content (AvgIpc) is 2.76. The van der Waals surface area contributed by atoms with Crippen molar-refractivity contribution in [1.29, 1.82) is 0 Å². The van der Waals surface area contributed by atoms with E-state index >= 15 is 0 Å². The fourth-order valence-electron chi connectivity index (χ4n) is 2.27. The van der Waals surface area contributed by atoms with Gasteiger partial charge in [-0.15, -0.1) is 0 Å². The summed E-state index contributed by atoms with van der Waals surface area (Å²) in [5.41, 5.74) is 1.36. The maximum atomic E-state index is 13.5. The number of rotatable bonds is 3. The minimum absolute atomic E-state index is 0.198. The van der Waals surface area contributed by atoms with Crippen molar-refractivity contribution >= 4 is 17.3 Å². The van der Waals surface area contributed by atoms with E-state index in [2.05, 4.69) is 5.32 Å². The number of aryl methyl sites for hydroxylation is 1. The number of anilines is 1. The van der Waals surface area contributed by atoms with E-state index in [-0.39, 0.29) is 5.82 Å². The molecule has 0 aliphatic carbocycles. The summed E-state index contributed by atoms with van der Waals surface area (Å²) in [6, 6.07) is 3.69. The lowest BCUT2D eigenvalue weighted by molar-refractivity contribution is 0.595. The van der Waals surface area contributed by atoms with Gasteiger partial charge in [-0.1, -0.05) is 11.6 Å². The van der Waals surface area contributed by atoms with E-state index in [9.17, 15) is 4.39 Å². The first-order valence-corrected chi connectivity index (χ1v) is 6.36. The van der Waals surface area contributed by atoms with Crippen LogP contribution in [-0.2, 0) is 0 Å². The van der Waals surface area contributed by atoms with E-state index in [1.165, 1.54) is 18.9 Å². The highest BCUT2D eigenvalue weighted by Gasteiger charge is 2.18. The van der Waals surface area contributed by atoms with E-state index in [4.69, 9.17) is 11.6 Å². The van der Waals surface area contributed by atoms with Crippen molar-refractivity contribution in [3.63, 3.8) is 0 Å². The van der Waals surface area contributed by atoms with E-state index in [1.54, 1.807) is 13.0 Å². The summed E-state index contributed by atoms with van der Waals surface area (Å²) >= 11 is 6.15. The number of likely N-dealkylation sites (N-methyl/N-ethyl adjacent to an activating group) is 1. The molecule has 1 aliphatic heterocycles. The van der Waals surface area contributed by atoms with Crippen LogP contribution < -0.4 is 10.2 Å². The van der Waals surface area contributed by atoms with Crippen LogP contribution in [0.3, 0.4) is 0 Å². The molecule has 0 saturated carbocycles. The van der Waals surface area contributed by atoms with Gasteiger partial charge in [-0.3, -0.25) is 0 Å². The van der Waals surface area contributed by atoms with Crippen LogP contribution in [0, 0.1) is 12.7 Å². The van der Waals surface area contributed by atoms with Crippen LogP contribution >= 0.6 is 11.6 Å². The molecule has 1 aliphatic rings.